The van der Waals surface area contributed by atoms with E-state index in [1.54, 1.807) is 31.3 Å². The Bertz CT molecular complexity index is 1020. The second-order valence-electron chi connectivity index (χ2n) is 6.77. The van der Waals surface area contributed by atoms with Crippen molar-refractivity contribution in [1.29, 1.82) is 0 Å². The van der Waals surface area contributed by atoms with E-state index in [0.29, 0.717) is 29.6 Å². The number of aromatic amines is 1. The minimum absolute atomic E-state index is 0. The Morgan fingerprint density at radius 1 is 1.07 bits per heavy atom. The van der Waals surface area contributed by atoms with Gasteiger partial charge in [-0.05, 0) is 42.7 Å². The standard InChI is InChI=1S/C22H26ClN5O.HI/c1-15-7-8-17-16(14-28-20(17)13-15)9-10-26-22(24-2)27-12-11-25-21(29)18-5-3-4-6-19(18)23;/h3-8,13-14,28H,9-12H2,1-2H3,(H,25,29)(H2,24,26,27);1H. The average molecular weight is 540 g/mol. The van der Waals surface area contributed by atoms with Crippen LogP contribution in [0.25, 0.3) is 10.9 Å². The Morgan fingerprint density at radius 3 is 2.57 bits per heavy atom. The molecular weight excluding hydrogens is 513 g/mol. The largest absolute Gasteiger partial charge is 0.361 e. The van der Waals surface area contributed by atoms with Crippen LogP contribution >= 0.6 is 35.6 Å². The van der Waals surface area contributed by atoms with Gasteiger partial charge < -0.3 is 20.9 Å². The Kier molecular flexibility index (Phi) is 9.45. The molecule has 0 aliphatic heterocycles. The zero-order valence-electron chi connectivity index (χ0n) is 17.1. The number of benzene rings is 2. The van der Waals surface area contributed by atoms with Gasteiger partial charge in [-0.2, -0.15) is 0 Å². The van der Waals surface area contributed by atoms with Crippen LogP contribution < -0.4 is 16.0 Å². The highest BCUT2D eigenvalue weighted by Crippen LogP contribution is 2.19. The fourth-order valence-electron chi connectivity index (χ4n) is 3.14. The number of aryl methyl sites for hydroxylation is 1. The third-order valence-corrected chi connectivity index (χ3v) is 4.98. The van der Waals surface area contributed by atoms with E-state index in [1.807, 2.05) is 0 Å². The molecule has 3 rings (SSSR count). The van der Waals surface area contributed by atoms with Crippen LogP contribution in [0.5, 0.6) is 0 Å². The van der Waals surface area contributed by atoms with E-state index < -0.39 is 0 Å². The molecule has 0 radical (unpaired) electrons. The van der Waals surface area contributed by atoms with Crippen LogP contribution in [0.4, 0.5) is 0 Å². The zero-order chi connectivity index (χ0) is 20.6. The molecule has 1 amide bonds. The van der Waals surface area contributed by atoms with Crippen LogP contribution in [-0.4, -0.2) is 43.5 Å². The molecule has 0 saturated carbocycles. The summed E-state index contributed by atoms with van der Waals surface area (Å²) in [5.41, 5.74) is 4.16. The number of hydrogen-bond donors (Lipinski definition) is 4. The Morgan fingerprint density at radius 2 is 1.80 bits per heavy atom. The summed E-state index contributed by atoms with van der Waals surface area (Å²) < 4.78 is 0. The lowest BCUT2D eigenvalue weighted by Crippen LogP contribution is -2.42. The van der Waals surface area contributed by atoms with Gasteiger partial charge in [0.15, 0.2) is 5.96 Å². The molecule has 160 valence electrons. The van der Waals surface area contributed by atoms with E-state index in [-0.39, 0.29) is 29.9 Å². The van der Waals surface area contributed by atoms with Gasteiger partial charge in [0.05, 0.1) is 10.6 Å². The van der Waals surface area contributed by atoms with Crippen molar-refractivity contribution in [2.24, 2.45) is 4.99 Å². The van der Waals surface area contributed by atoms with Crippen molar-refractivity contribution in [2.45, 2.75) is 13.3 Å². The minimum Gasteiger partial charge on any atom is -0.361 e. The van der Waals surface area contributed by atoms with Gasteiger partial charge in [-0.1, -0.05) is 35.9 Å². The van der Waals surface area contributed by atoms with Crippen molar-refractivity contribution < 1.29 is 4.79 Å². The molecule has 0 aliphatic carbocycles. The maximum atomic E-state index is 12.1. The van der Waals surface area contributed by atoms with Gasteiger partial charge in [-0.25, -0.2) is 0 Å². The first-order valence-corrected chi connectivity index (χ1v) is 10.00. The van der Waals surface area contributed by atoms with Gasteiger partial charge in [-0.15, -0.1) is 24.0 Å². The van der Waals surface area contributed by atoms with Crippen LogP contribution in [0.3, 0.4) is 0 Å². The Balaban J connectivity index is 0.00000320. The SMILES string of the molecule is CN=C(NCCNC(=O)c1ccccc1Cl)NCCc1c[nH]c2cc(C)ccc12.I. The normalized spacial score (nSPS) is 11.1. The number of nitrogens with zero attached hydrogens (tertiary/aromatic N) is 1. The van der Waals surface area contributed by atoms with Gasteiger partial charge in [0, 0.05) is 43.8 Å². The summed E-state index contributed by atoms with van der Waals surface area (Å²) in [6.45, 7) is 3.87. The molecule has 1 heterocycles. The van der Waals surface area contributed by atoms with Gasteiger partial charge in [0.1, 0.15) is 0 Å². The number of carbonyl (C=O) groups excluding carboxylic acids is 1. The highest BCUT2D eigenvalue weighted by Gasteiger charge is 2.08. The van der Waals surface area contributed by atoms with Crippen molar-refractivity contribution in [3.05, 3.63) is 70.4 Å². The third kappa shape index (κ3) is 6.37. The van der Waals surface area contributed by atoms with Crippen LogP contribution in [0.2, 0.25) is 5.02 Å². The maximum absolute atomic E-state index is 12.1. The summed E-state index contributed by atoms with van der Waals surface area (Å²) in [6, 6.07) is 13.4. The van der Waals surface area contributed by atoms with E-state index in [1.165, 1.54) is 16.5 Å². The van der Waals surface area contributed by atoms with Gasteiger partial charge >= 0.3 is 0 Å². The first-order valence-electron chi connectivity index (χ1n) is 9.62. The average Bonchev–Trinajstić information content (AvgIpc) is 3.11. The molecule has 4 N–H and O–H groups in total. The number of halogens is 2. The maximum Gasteiger partial charge on any atom is 0.252 e. The lowest BCUT2D eigenvalue weighted by Gasteiger charge is -2.12. The first-order chi connectivity index (χ1) is 14.1. The number of fused-ring (bicyclic) bond motifs is 1. The number of nitrogens with one attached hydrogen (secondary N) is 4. The number of rotatable bonds is 7. The second kappa shape index (κ2) is 11.8. The highest BCUT2D eigenvalue weighted by atomic mass is 127. The quantitative estimate of drug-likeness (QED) is 0.159. The predicted molar refractivity (Wildman–Crippen MR) is 135 cm³/mol. The van der Waals surface area contributed by atoms with E-state index in [4.69, 9.17) is 11.6 Å². The number of H-pyrrole nitrogens is 1. The van der Waals surface area contributed by atoms with Gasteiger partial charge in [0.25, 0.3) is 5.91 Å². The van der Waals surface area contributed by atoms with Crippen molar-refractivity contribution in [1.82, 2.24) is 20.9 Å². The van der Waals surface area contributed by atoms with Crippen LogP contribution in [-0.2, 0) is 6.42 Å². The fourth-order valence-corrected chi connectivity index (χ4v) is 3.36. The molecule has 8 heteroatoms. The Labute approximate surface area is 198 Å². The smallest absolute Gasteiger partial charge is 0.252 e. The molecule has 0 spiro atoms. The predicted octanol–water partition coefficient (Wildman–Crippen LogP) is 3.89. The molecule has 0 atom stereocenters. The monoisotopic (exact) mass is 539 g/mol. The summed E-state index contributed by atoms with van der Waals surface area (Å²) in [5, 5.41) is 11.1. The molecule has 0 saturated heterocycles. The topological polar surface area (TPSA) is 81.3 Å². The number of hydrogen-bond acceptors (Lipinski definition) is 2. The van der Waals surface area contributed by atoms with Crippen LogP contribution in [0, 0.1) is 6.92 Å². The van der Waals surface area contributed by atoms with Crippen LogP contribution in [0.1, 0.15) is 21.5 Å². The third-order valence-electron chi connectivity index (χ3n) is 4.65. The lowest BCUT2D eigenvalue weighted by atomic mass is 10.1. The summed E-state index contributed by atoms with van der Waals surface area (Å²) >= 11 is 6.04. The summed E-state index contributed by atoms with van der Waals surface area (Å²) in [7, 11) is 1.73. The van der Waals surface area contributed by atoms with Gasteiger partial charge in [-0.3, -0.25) is 9.79 Å². The van der Waals surface area contributed by atoms with E-state index in [9.17, 15) is 4.79 Å². The molecule has 1 aromatic heterocycles. The number of guanidine groups is 1. The molecule has 0 aliphatic rings. The number of aromatic nitrogens is 1. The number of amides is 1. The molecule has 30 heavy (non-hydrogen) atoms. The molecule has 2 aromatic carbocycles. The van der Waals surface area contributed by atoms with Crippen LogP contribution in [0.15, 0.2) is 53.7 Å². The molecule has 6 nitrogen and oxygen atoms in total. The summed E-state index contributed by atoms with van der Waals surface area (Å²) in [6.07, 6.45) is 2.94. The Hall–Kier alpha value is -2.26. The zero-order valence-corrected chi connectivity index (χ0v) is 20.2. The van der Waals surface area contributed by atoms with Crippen molar-refractivity contribution >= 4 is 58.3 Å². The van der Waals surface area contributed by atoms with E-state index >= 15 is 0 Å². The van der Waals surface area contributed by atoms with E-state index in [2.05, 4.69) is 57.2 Å². The molecular formula is C22H27ClIN5O. The first kappa shape index (κ1) is 24.0. The lowest BCUT2D eigenvalue weighted by molar-refractivity contribution is 0.0954. The molecule has 0 bridgehead atoms. The van der Waals surface area contributed by atoms with Crippen molar-refractivity contribution in [3.63, 3.8) is 0 Å². The minimum atomic E-state index is -0.185. The van der Waals surface area contributed by atoms with E-state index in [0.717, 1.165) is 18.5 Å². The molecule has 0 fully saturated rings. The van der Waals surface area contributed by atoms with Crippen molar-refractivity contribution in [3.8, 4) is 0 Å². The number of aliphatic imine (C=N–C) groups is 1. The molecule has 0 unspecified atom stereocenters. The van der Waals surface area contributed by atoms with Gasteiger partial charge in [0.2, 0.25) is 0 Å². The highest BCUT2D eigenvalue weighted by molar-refractivity contribution is 14.0. The fraction of sp³-hybridized carbons (Fsp3) is 0.273. The second-order valence-corrected chi connectivity index (χ2v) is 7.18. The molecule has 3 aromatic rings. The summed E-state index contributed by atoms with van der Waals surface area (Å²) in [4.78, 5) is 19.7. The van der Waals surface area contributed by atoms with Crippen molar-refractivity contribution in [2.75, 3.05) is 26.7 Å². The number of carbonyl (C=O) groups is 1. The summed E-state index contributed by atoms with van der Waals surface area (Å²) in [5.74, 6) is 0.516.